The van der Waals surface area contributed by atoms with Gasteiger partial charge in [-0.15, -0.1) is 0 Å². The van der Waals surface area contributed by atoms with Gasteiger partial charge in [-0.2, -0.15) is 16.1 Å². The lowest BCUT2D eigenvalue weighted by Crippen LogP contribution is -2.41. The number of carbonyl (C=O) groups excluding carboxylic acids is 1. The average Bonchev–Trinajstić information content (AvgIpc) is 3.13. The van der Waals surface area contributed by atoms with E-state index in [1.165, 1.54) is 28.2 Å². The molecule has 1 saturated heterocycles. The van der Waals surface area contributed by atoms with Crippen LogP contribution in [0, 0.1) is 6.92 Å². The third-order valence-corrected chi connectivity index (χ3v) is 6.91. The first-order valence-electron chi connectivity index (χ1n) is 8.40. The Morgan fingerprint density at radius 3 is 2.54 bits per heavy atom. The second kappa shape index (κ2) is 8.88. The molecule has 1 aromatic carbocycles. The summed E-state index contributed by atoms with van der Waals surface area (Å²) >= 11 is 1.49. The zero-order valence-corrected chi connectivity index (χ0v) is 16.5. The molecule has 0 aliphatic carbocycles. The van der Waals surface area contributed by atoms with Gasteiger partial charge in [0.2, 0.25) is 10.0 Å². The number of carboxylic acids is 1. The fourth-order valence-corrected chi connectivity index (χ4v) is 4.83. The van der Waals surface area contributed by atoms with E-state index in [2.05, 4.69) is 5.32 Å². The zero-order valence-electron chi connectivity index (χ0n) is 14.9. The van der Waals surface area contributed by atoms with E-state index in [-0.39, 0.29) is 10.5 Å². The van der Waals surface area contributed by atoms with Gasteiger partial charge in [0.15, 0.2) is 0 Å². The van der Waals surface area contributed by atoms with Gasteiger partial charge in [-0.05, 0) is 55.9 Å². The third kappa shape index (κ3) is 4.77. The lowest BCUT2D eigenvalue weighted by molar-refractivity contribution is -0.139. The van der Waals surface area contributed by atoms with Crippen molar-refractivity contribution in [3.05, 3.63) is 29.3 Å². The molecular weight excluding hydrogens is 376 g/mol. The Balaban J connectivity index is 2.25. The molecule has 1 atom stereocenters. The van der Waals surface area contributed by atoms with Crippen LogP contribution in [0.2, 0.25) is 0 Å². The molecule has 1 heterocycles. The summed E-state index contributed by atoms with van der Waals surface area (Å²) in [5.74, 6) is -1.08. The van der Waals surface area contributed by atoms with Crippen molar-refractivity contribution in [1.82, 2.24) is 9.62 Å². The molecule has 26 heavy (non-hydrogen) atoms. The predicted molar refractivity (Wildman–Crippen MR) is 101 cm³/mol. The lowest BCUT2D eigenvalue weighted by Gasteiger charge is -2.18. The fraction of sp³-hybridized carbons (Fsp3) is 0.529. The van der Waals surface area contributed by atoms with Crippen LogP contribution in [0.25, 0.3) is 0 Å². The van der Waals surface area contributed by atoms with Gasteiger partial charge < -0.3 is 10.4 Å². The molecule has 0 spiro atoms. The second-order valence-electron chi connectivity index (χ2n) is 6.23. The summed E-state index contributed by atoms with van der Waals surface area (Å²) in [6.07, 6.45) is 3.81. The number of sulfonamides is 1. The number of aryl methyl sites for hydroxylation is 1. The van der Waals surface area contributed by atoms with E-state index in [4.69, 9.17) is 0 Å². The number of hydrogen-bond donors (Lipinski definition) is 2. The molecule has 144 valence electrons. The molecule has 2 rings (SSSR count). The number of rotatable bonds is 8. The molecule has 0 aromatic heterocycles. The summed E-state index contributed by atoms with van der Waals surface area (Å²) in [6, 6.07) is 3.40. The van der Waals surface area contributed by atoms with Gasteiger partial charge in [0, 0.05) is 18.7 Å². The van der Waals surface area contributed by atoms with Crippen LogP contribution in [0.4, 0.5) is 0 Å². The van der Waals surface area contributed by atoms with Crippen molar-refractivity contribution in [2.75, 3.05) is 25.1 Å². The van der Waals surface area contributed by atoms with E-state index in [1.54, 1.807) is 13.0 Å². The van der Waals surface area contributed by atoms with Crippen LogP contribution in [-0.2, 0) is 14.8 Å². The zero-order chi connectivity index (χ0) is 19.3. The molecule has 0 radical (unpaired) electrons. The van der Waals surface area contributed by atoms with Gasteiger partial charge in [0.25, 0.3) is 5.91 Å². The lowest BCUT2D eigenvalue weighted by atomic mass is 10.1. The van der Waals surface area contributed by atoms with Crippen molar-refractivity contribution >= 4 is 33.7 Å². The molecule has 1 aliphatic heterocycles. The maximum atomic E-state index is 12.7. The highest BCUT2D eigenvalue weighted by atomic mass is 32.2. The van der Waals surface area contributed by atoms with E-state index in [0.29, 0.717) is 30.8 Å². The third-order valence-electron chi connectivity index (χ3n) is 4.37. The van der Waals surface area contributed by atoms with Gasteiger partial charge >= 0.3 is 5.97 Å². The number of nitrogens with one attached hydrogen (secondary N) is 1. The van der Waals surface area contributed by atoms with Crippen LogP contribution in [0.3, 0.4) is 0 Å². The number of thioether (sulfide) groups is 1. The summed E-state index contributed by atoms with van der Waals surface area (Å²) in [5.41, 5.74) is 0.776. The maximum absolute atomic E-state index is 12.7. The maximum Gasteiger partial charge on any atom is 0.326 e. The molecule has 1 aliphatic rings. The van der Waals surface area contributed by atoms with E-state index >= 15 is 0 Å². The molecular formula is C17H24N2O5S2. The van der Waals surface area contributed by atoms with Gasteiger partial charge in [0.05, 0.1) is 4.90 Å². The van der Waals surface area contributed by atoms with Crippen LogP contribution in [0.15, 0.2) is 23.1 Å². The summed E-state index contributed by atoms with van der Waals surface area (Å²) in [7, 11) is -3.64. The first-order valence-corrected chi connectivity index (χ1v) is 11.2. The van der Waals surface area contributed by atoms with Gasteiger partial charge in [-0.1, -0.05) is 6.07 Å². The average molecular weight is 401 g/mol. The summed E-state index contributed by atoms with van der Waals surface area (Å²) in [4.78, 5) is 23.9. The minimum absolute atomic E-state index is 0.0612. The predicted octanol–water partition coefficient (Wildman–Crippen LogP) is 1.72. The normalized spacial score (nSPS) is 16.4. The highest BCUT2D eigenvalue weighted by molar-refractivity contribution is 7.98. The highest BCUT2D eigenvalue weighted by Gasteiger charge is 2.28. The number of hydrogen-bond acceptors (Lipinski definition) is 5. The van der Waals surface area contributed by atoms with Crippen LogP contribution in [0.1, 0.15) is 35.2 Å². The molecule has 1 fully saturated rings. The molecule has 1 amide bonds. The quantitative estimate of drug-likeness (QED) is 0.689. The molecule has 1 aromatic rings. The number of amides is 1. The highest BCUT2D eigenvalue weighted by Crippen LogP contribution is 2.23. The first-order chi connectivity index (χ1) is 12.3. The van der Waals surface area contributed by atoms with Crippen molar-refractivity contribution in [2.24, 2.45) is 0 Å². The first kappa shape index (κ1) is 20.7. The summed E-state index contributed by atoms with van der Waals surface area (Å²) in [6.45, 7) is 2.65. The number of aliphatic carboxylic acids is 1. The Morgan fingerprint density at radius 2 is 1.96 bits per heavy atom. The van der Waals surface area contributed by atoms with E-state index in [0.717, 1.165) is 12.8 Å². The Kier molecular flexibility index (Phi) is 7.08. The summed E-state index contributed by atoms with van der Waals surface area (Å²) < 4.78 is 26.8. The minimum Gasteiger partial charge on any atom is -0.480 e. The minimum atomic E-state index is -3.64. The topological polar surface area (TPSA) is 104 Å². The molecule has 2 N–H and O–H groups in total. The van der Waals surface area contributed by atoms with Gasteiger partial charge in [0.1, 0.15) is 6.04 Å². The van der Waals surface area contributed by atoms with E-state index < -0.39 is 27.9 Å². The van der Waals surface area contributed by atoms with Crippen molar-refractivity contribution in [3.63, 3.8) is 0 Å². The Labute approximate surface area is 158 Å². The smallest absolute Gasteiger partial charge is 0.326 e. The van der Waals surface area contributed by atoms with Crippen LogP contribution >= 0.6 is 11.8 Å². The number of carboxylic acid groups (broad SMARTS) is 1. The van der Waals surface area contributed by atoms with Crippen molar-refractivity contribution < 1.29 is 23.1 Å². The second-order valence-corrected chi connectivity index (χ2v) is 9.16. The Morgan fingerprint density at radius 1 is 1.31 bits per heavy atom. The Hall–Kier alpha value is -1.58. The van der Waals surface area contributed by atoms with E-state index in [9.17, 15) is 23.1 Å². The number of benzene rings is 1. The molecule has 0 saturated carbocycles. The van der Waals surface area contributed by atoms with Gasteiger partial charge in [-0.25, -0.2) is 13.2 Å². The monoisotopic (exact) mass is 400 g/mol. The summed E-state index contributed by atoms with van der Waals surface area (Å²) in [5, 5.41) is 11.8. The van der Waals surface area contributed by atoms with Crippen LogP contribution in [0.5, 0.6) is 0 Å². The Bertz CT molecular complexity index is 773. The fourth-order valence-electron chi connectivity index (χ4n) is 2.81. The molecule has 7 nitrogen and oxygen atoms in total. The number of carbonyl (C=O) groups is 2. The van der Waals surface area contributed by atoms with Crippen molar-refractivity contribution in [1.29, 1.82) is 0 Å². The molecule has 0 unspecified atom stereocenters. The number of nitrogens with zero attached hydrogens (tertiary/aromatic N) is 1. The van der Waals surface area contributed by atoms with Crippen molar-refractivity contribution in [2.45, 2.75) is 37.1 Å². The molecule has 9 heteroatoms. The van der Waals surface area contributed by atoms with Crippen LogP contribution < -0.4 is 5.32 Å². The molecule has 0 bridgehead atoms. The van der Waals surface area contributed by atoms with Crippen molar-refractivity contribution in [3.8, 4) is 0 Å². The van der Waals surface area contributed by atoms with E-state index in [1.807, 2.05) is 6.26 Å². The SMILES string of the molecule is CSCC[C@H](NC(=O)c1cc(S(=O)(=O)N2CCCC2)ccc1C)C(=O)O. The largest absolute Gasteiger partial charge is 0.480 e. The van der Waals surface area contributed by atoms with Gasteiger partial charge in [-0.3, -0.25) is 4.79 Å². The van der Waals surface area contributed by atoms with Crippen LogP contribution in [-0.4, -0.2) is 60.8 Å². The standard InChI is InChI=1S/C17H24N2O5S2/c1-12-5-6-13(26(23,24)19-8-3-4-9-19)11-14(12)16(20)18-15(17(21)22)7-10-25-2/h5-6,11,15H,3-4,7-10H2,1-2H3,(H,18,20)(H,21,22)/t15-/m0/s1.